The summed E-state index contributed by atoms with van der Waals surface area (Å²) in [5, 5.41) is 13.4. The molecule has 0 saturated carbocycles. The number of nitrogens with two attached hydrogens (primary N) is 1. The molecule has 0 aliphatic heterocycles. The van der Waals surface area contributed by atoms with Gasteiger partial charge in [-0.15, -0.1) is 0 Å². The molecule has 0 saturated heterocycles. The van der Waals surface area contributed by atoms with Crippen LogP contribution in [0.5, 0.6) is 0 Å². The van der Waals surface area contributed by atoms with E-state index in [-0.39, 0.29) is 5.69 Å². The van der Waals surface area contributed by atoms with Crippen LogP contribution in [0.15, 0.2) is 12.1 Å². The molecule has 5 heteroatoms. The van der Waals surface area contributed by atoms with E-state index in [1.165, 1.54) is 6.07 Å². The van der Waals surface area contributed by atoms with Crippen LogP contribution in [0.1, 0.15) is 5.56 Å². The smallest absolute Gasteiger partial charge is 0.274 e. The second kappa shape index (κ2) is 3.30. The molecule has 0 fully saturated rings. The van der Waals surface area contributed by atoms with Gasteiger partial charge in [0.2, 0.25) is 0 Å². The van der Waals surface area contributed by atoms with E-state index in [9.17, 15) is 10.1 Å². The van der Waals surface area contributed by atoms with Gasteiger partial charge in [-0.2, -0.15) is 0 Å². The van der Waals surface area contributed by atoms with Gasteiger partial charge < -0.3 is 11.1 Å². The van der Waals surface area contributed by atoms with Crippen molar-refractivity contribution in [3.05, 3.63) is 27.8 Å². The molecule has 5 nitrogen and oxygen atoms in total. The van der Waals surface area contributed by atoms with Crippen molar-refractivity contribution < 1.29 is 4.92 Å². The van der Waals surface area contributed by atoms with Crippen molar-refractivity contribution in [2.75, 3.05) is 18.1 Å². The molecular weight excluding hydrogens is 170 g/mol. The largest absolute Gasteiger partial charge is 0.397 e. The molecule has 0 aliphatic carbocycles. The third-order valence-electron chi connectivity index (χ3n) is 1.83. The highest BCUT2D eigenvalue weighted by molar-refractivity contribution is 5.71. The fraction of sp³-hybridized carbons (Fsp3) is 0.250. The fourth-order valence-corrected chi connectivity index (χ4v) is 1.13. The highest BCUT2D eigenvalue weighted by atomic mass is 16.6. The van der Waals surface area contributed by atoms with E-state index in [0.29, 0.717) is 16.9 Å². The molecular formula is C8H11N3O2. The first-order chi connectivity index (χ1) is 6.06. The molecule has 0 atom stereocenters. The van der Waals surface area contributed by atoms with Crippen molar-refractivity contribution in [3.8, 4) is 0 Å². The summed E-state index contributed by atoms with van der Waals surface area (Å²) in [7, 11) is 1.72. The van der Waals surface area contributed by atoms with Crippen molar-refractivity contribution in [3.63, 3.8) is 0 Å². The Morgan fingerprint density at radius 1 is 1.54 bits per heavy atom. The Kier molecular flexibility index (Phi) is 2.36. The summed E-state index contributed by atoms with van der Waals surface area (Å²) in [5.74, 6) is 0. The van der Waals surface area contributed by atoms with Gasteiger partial charge in [0.15, 0.2) is 0 Å². The first-order valence-electron chi connectivity index (χ1n) is 3.78. The number of nitrogen functional groups attached to an aromatic ring is 1. The molecule has 1 rings (SSSR count). The number of benzene rings is 1. The van der Waals surface area contributed by atoms with Crippen LogP contribution in [0.3, 0.4) is 0 Å². The average Bonchev–Trinajstić information content (AvgIpc) is 2.07. The van der Waals surface area contributed by atoms with Crippen molar-refractivity contribution in [1.29, 1.82) is 0 Å². The number of rotatable bonds is 2. The summed E-state index contributed by atoms with van der Waals surface area (Å²) in [6, 6.07) is 3.02. The fourth-order valence-electron chi connectivity index (χ4n) is 1.13. The van der Waals surface area contributed by atoms with Crippen LogP contribution in [0, 0.1) is 17.0 Å². The normalized spacial score (nSPS) is 9.69. The summed E-state index contributed by atoms with van der Waals surface area (Å²) in [6.45, 7) is 1.68. The molecule has 3 N–H and O–H groups in total. The van der Waals surface area contributed by atoms with E-state index in [1.807, 2.05) is 0 Å². The number of anilines is 2. The molecule has 0 bridgehead atoms. The van der Waals surface area contributed by atoms with Gasteiger partial charge >= 0.3 is 0 Å². The molecule has 0 aliphatic rings. The lowest BCUT2D eigenvalue weighted by Gasteiger charge is -2.05. The highest BCUT2D eigenvalue weighted by Gasteiger charge is 2.12. The molecule has 0 unspecified atom stereocenters. The van der Waals surface area contributed by atoms with Crippen LogP contribution >= 0.6 is 0 Å². The third kappa shape index (κ3) is 1.69. The van der Waals surface area contributed by atoms with Crippen molar-refractivity contribution >= 4 is 17.1 Å². The van der Waals surface area contributed by atoms with Crippen LogP contribution in [0.25, 0.3) is 0 Å². The molecule has 0 aromatic heterocycles. The van der Waals surface area contributed by atoms with E-state index in [0.717, 1.165) is 0 Å². The third-order valence-corrected chi connectivity index (χ3v) is 1.83. The van der Waals surface area contributed by atoms with E-state index in [2.05, 4.69) is 5.32 Å². The van der Waals surface area contributed by atoms with Crippen LogP contribution in [-0.2, 0) is 0 Å². The Morgan fingerprint density at radius 2 is 2.15 bits per heavy atom. The molecule has 1 aromatic rings. The minimum Gasteiger partial charge on any atom is -0.397 e. The van der Waals surface area contributed by atoms with E-state index in [4.69, 9.17) is 5.73 Å². The first kappa shape index (κ1) is 9.31. The zero-order valence-corrected chi connectivity index (χ0v) is 7.50. The molecule has 0 heterocycles. The standard InChI is InChI=1S/C8H11N3O2/c1-5-3-7(10-2)6(9)4-8(5)11(12)13/h3-4,10H,9H2,1-2H3. The van der Waals surface area contributed by atoms with Gasteiger partial charge in [0.25, 0.3) is 5.69 Å². The number of aryl methyl sites for hydroxylation is 1. The summed E-state index contributed by atoms with van der Waals surface area (Å²) in [6.07, 6.45) is 0. The second-order valence-corrected chi connectivity index (χ2v) is 2.73. The number of hydrogen-bond donors (Lipinski definition) is 2. The maximum atomic E-state index is 10.5. The van der Waals surface area contributed by atoms with E-state index < -0.39 is 4.92 Å². The van der Waals surface area contributed by atoms with Crippen molar-refractivity contribution in [2.45, 2.75) is 6.92 Å². The predicted octanol–water partition coefficient (Wildman–Crippen LogP) is 1.53. The molecule has 1 aromatic carbocycles. The van der Waals surface area contributed by atoms with Crippen LogP contribution in [0.2, 0.25) is 0 Å². The minimum atomic E-state index is -0.439. The number of nitrogens with one attached hydrogen (secondary N) is 1. The number of nitro benzene ring substituents is 1. The van der Waals surface area contributed by atoms with Crippen LogP contribution in [-0.4, -0.2) is 12.0 Å². The van der Waals surface area contributed by atoms with Crippen LogP contribution in [0.4, 0.5) is 17.1 Å². The topological polar surface area (TPSA) is 81.2 Å². The lowest BCUT2D eigenvalue weighted by Crippen LogP contribution is -1.99. The maximum absolute atomic E-state index is 10.5. The average molecular weight is 181 g/mol. The van der Waals surface area contributed by atoms with Gasteiger partial charge in [0.05, 0.1) is 16.3 Å². The van der Waals surface area contributed by atoms with Gasteiger partial charge in [0, 0.05) is 18.7 Å². The van der Waals surface area contributed by atoms with Gasteiger partial charge in [-0.1, -0.05) is 0 Å². The van der Waals surface area contributed by atoms with Gasteiger partial charge in [-0.3, -0.25) is 10.1 Å². The SMILES string of the molecule is CNc1cc(C)c([N+](=O)[O-])cc1N. The molecule has 0 radical (unpaired) electrons. The number of hydrogen-bond acceptors (Lipinski definition) is 4. The lowest BCUT2D eigenvalue weighted by atomic mass is 10.1. The summed E-state index contributed by atoms with van der Waals surface area (Å²) >= 11 is 0. The molecule has 13 heavy (non-hydrogen) atoms. The first-order valence-corrected chi connectivity index (χ1v) is 3.78. The molecule has 70 valence electrons. The van der Waals surface area contributed by atoms with Gasteiger partial charge in [-0.05, 0) is 13.0 Å². The summed E-state index contributed by atoms with van der Waals surface area (Å²) < 4.78 is 0. The maximum Gasteiger partial charge on any atom is 0.274 e. The number of nitro groups is 1. The van der Waals surface area contributed by atoms with Gasteiger partial charge in [0.1, 0.15) is 0 Å². The summed E-state index contributed by atoms with van der Waals surface area (Å²) in [4.78, 5) is 10.1. The molecule has 0 amide bonds. The second-order valence-electron chi connectivity index (χ2n) is 2.73. The van der Waals surface area contributed by atoms with Gasteiger partial charge in [-0.25, -0.2) is 0 Å². The van der Waals surface area contributed by atoms with Crippen molar-refractivity contribution in [1.82, 2.24) is 0 Å². The van der Waals surface area contributed by atoms with E-state index >= 15 is 0 Å². The summed E-state index contributed by atoms with van der Waals surface area (Å²) in [5.41, 5.74) is 7.32. The minimum absolute atomic E-state index is 0.0523. The number of nitrogens with zero attached hydrogens (tertiary/aromatic N) is 1. The predicted molar refractivity (Wildman–Crippen MR) is 51.8 cm³/mol. The quantitative estimate of drug-likeness (QED) is 0.412. The molecule has 0 spiro atoms. The Labute approximate surface area is 75.7 Å². The Morgan fingerprint density at radius 3 is 2.62 bits per heavy atom. The zero-order chi connectivity index (χ0) is 10.0. The zero-order valence-electron chi connectivity index (χ0n) is 7.50. The van der Waals surface area contributed by atoms with E-state index in [1.54, 1.807) is 20.0 Å². The lowest BCUT2D eigenvalue weighted by molar-refractivity contribution is -0.385. The monoisotopic (exact) mass is 181 g/mol. The Hall–Kier alpha value is -1.78. The Bertz CT molecular complexity index is 349. The Balaban J connectivity index is 3.28. The van der Waals surface area contributed by atoms with Crippen LogP contribution < -0.4 is 11.1 Å². The highest BCUT2D eigenvalue weighted by Crippen LogP contribution is 2.27. The van der Waals surface area contributed by atoms with Crippen molar-refractivity contribution in [2.24, 2.45) is 0 Å².